The number of Topliss-reactive ketones (excluding diaryl/α,β-unsaturated/α-hetero) is 1. The molecule has 0 N–H and O–H groups in total. The van der Waals surface area contributed by atoms with Crippen molar-refractivity contribution in [2.45, 2.75) is 38.2 Å². The van der Waals surface area contributed by atoms with Gasteiger partial charge >= 0.3 is 0 Å². The van der Waals surface area contributed by atoms with E-state index in [9.17, 15) is 18.0 Å². The summed E-state index contributed by atoms with van der Waals surface area (Å²) < 4.78 is 24.1. The zero-order valence-electron chi connectivity index (χ0n) is 18.4. The highest BCUT2D eigenvalue weighted by molar-refractivity contribution is 7.91. The Kier molecular flexibility index (Phi) is 7.15. The molecule has 2 aromatic carbocycles. The summed E-state index contributed by atoms with van der Waals surface area (Å²) in [6, 6.07) is 14.8. The van der Waals surface area contributed by atoms with Gasteiger partial charge in [-0.25, -0.2) is 8.42 Å². The fourth-order valence-electron chi connectivity index (χ4n) is 3.58. The second-order valence-electron chi connectivity index (χ2n) is 8.31. The summed E-state index contributed by atoms with van der Waals surface area (Å²) in [6.07, 6.45) is 0.294. The molecule has 1 fully saturated rings. The van der Waals surface area contributed by atoms with Gasteiger partial charge < -0.3 is 9.80 Å². The molecule has 0 aliphatic carbocycles. The molecule has 2 aromatic rings. The van der Waals surface area contributed by atoms with Gasteiger partial charge in [-0.05, 0) is 37.1 Å². The first kappa shape index (κ1) is 23.0. The third-order valence-corrected chi connectivity index (χ3v) is 7.93. The fourth-order valence-corrected chi connectivity index (χ4v) is 4.57. The number of hydrogen-bond donors (Lipinski definition) is 0. The van der Waals surface area contributed by atoms with Gasteiger partial charge in [0.15, 0.2) is 15.6 Å². The van der Waals surface area contributed by atoms with Gasteiger partial charge in [0.05, 0.1) is 11.0 Å². The van der Waals surface area contributed by atoms with E-state index in [-0.39, 0.29) is 17.4 Å². The molecule has 6 nitrogen and oxygen atoms in total. The van der Waals surface area contributed by atoms with E-state index in [0.717, 1.165) is 37.4 Å². The standard InChI is InChI=1S/C24H30N2O4S/c1-18(2)31(29,30)17-21-4-8-22(9-5-21)24(28)16-20-6-10-23(11-7-20)26-14-12-25(13-15-26)19(3)27/h4-11,18H,12-17H2,1-3H3. The molecule has 0 bridgehead atoms. The number of ketones is 1. The minimum absolute atomic E-state index is 0.00101. The zero-order valence-corrected chi connectivity index (χ0v) is 19.2. The Morgan fingerprint density at radius 2 is 1.42 bits per heavy atom. The van der Waals surface area contributed by atoms with Gasteiger partial charge in [0.2, 0.25) is 5.91 Å². The molecule has 31 heavy (non-hydrogen) atoms. The lowest BCUT2D eigenvalue weighted by molar-refractivity contribution is -0.129. The van der Waals surface area contributed by atoms with Crippen molar-refractivity contribution in [3.63, 3.8) is 0 Å². The van der Waals surface area contributed by atoms with E-state index in [1.807, 2.05) is 29.2 Å². The monoisotopic (exact) mass is 442 g/mol. The van der Waals surface area contributed by atoms with E-state index in [1.165, 1.54) is 0 Å². The molecule has 0 aromatic heterocycles. The van der Waals surface area contributed by atoms with Crippen molar-refractivity contribution in [3.05, 3.63) is 65.2 Å². The van der Waals surface area contributed by atoms with Crippen LogP contribution in [0.4, 0.5) is 5.69 Å². The Labute approximate surface area is 184 Å². The van der Waals surface area contributed by atoms with Crippen LogP contribution in [0.25, 0.3) is 0 Å². The number of benzene rings is 2. The van der Waals surface area contributed by atoms with Crippen LogP contribution in [0.1, 0.15) is 42.3 Å². The van der Waals surface area contributed by atoms with E-state index in [4.69, 9.17) is 0 Å². The molecular formula is C24H30N2O4S. The molecule has 166 valence electrons. The minimum Gasteiger partial charge on any atom is -0.368 e. The molecule has 0 saturated carbocycles. The number of nitrogens with zero attached hydrogens (tertiary/aromatic N) is 2. The highest BCUT2D eigenvalue weighted by Gasteiger charge is 2.19. The van der Waals surface area contributed by atoms with E-state index < -0.39 is 15.1 Å². The summed E-state index contributed by atoms with van der Waals surface area (Å²) >= 11 is 0. The normalized spacial score (nSPS) is 14.7. The Balaban J connectivity index is 1.58. The molecule has 1 aliphatic heterocycles. The second kappa shape index (κ2) is 9.64. The lowest BCUT2D eigenvalue weighted by Crippen LogP contribution is -2.48. The molecule has 3 rings (SSSR count). The van der Waals surface area contributed by atoms with Gasteiger partial charge in [-0.2, -0.15) is 0 Å². The third kappa shape index (κ3) is 5.94. The number of amides is 1. The molecule has 0 atom stereocenters. The largest absolute Gasteiger partial charge is 0.368 e. The predicted octanol–water partition coefficient (Wildman–Crippen LogP) is 3.10. The maximum Gasteiger partial charge on any atom is 0.219 e. The summed E-state index contributed by atoms with van der Waals surface area (Å²) in [5, 5.41) is -0.421. The fraction of sp³-hybridized carbons (Fsp3) is 0.417. The summed E-state index contributed by atoms with van der Waals surface area (Å²) in [4.78, 5) is 28.2. The first-order valence-corrected chi connectivity index (χ1v) is 12.3. The molecule has 1 saturated heterocycles. The summed E-state index contributed by atoms with van der Waals surface area (Å²) in [6.45, 7) is 8.00. The topological polar surface area (TPSA) is 74.8 Å². The van der Waals surface area contributed by atoms with Crippen LogP contribution in [0.2, 0.25) is 0 Å². The van der Waals surface area contributed by atoms with Crippen LogP contribution in [0.3, 0.4) is 0 Å². The van der Waals surface area contributed by atoms with Crippen LogP contribution in [-0.2, 0) is 26.8 Å². The van der Waals surface area contributed by atoms with Crippen LogP contribution in [0.5, 0.6) is 0 Å². The van der Waals surface area contributed by atoms with Gasteiger partial charge in [-0.15, -0.1) is 0 Å². The van der Waals surface area contributed by atoms with Crippen molar-refractivity contribution in [2.75, 3.05) is 31.1 Å². The maximum atomic E-state index is 12.6. The minimum atomic E-state index is -3.16. The highest BCUT2D eigenvalue weighted by atomic mass is 32.2. The molecule has 1 aliphatic rings. The molecule has 0 radical (unpaired) electrons. The van der Waals surface area contributed by atoms with Crippen molar-refractivity contribution in [2.24, 2.45) is 0 Å². The summed E-state index contributed by atoms with van der Waals surface area (Å²) in [5.41, 5.74) is 3.30. The van der Waals surface area contributed by atoms with Crippen LogP contribution < -0.4 is 4.90 Å². The quantitative estimate of drug-likeness (QED) is 0.616. The lowest BCUT2D eigenvalue weighted by atomic mass is 10.0. The maximum absolute atomic E-state index is 12.6. The molecule has 0 unspecified atom stereocenters. The van der Waals surface area contributed by atoms with Gasteiger partial charge in [0, 0.05) is 50.8 Å². The van der Waals surface area contributed by atoms with Crippen molar-refractivity contribution in [1.29, 1.82) is 0 Å². The number of carbonyl (C=O) groups excluding carboxylic acids is 2. The number of piperazine rings is 1. The van der Waals surface area contributed by atoms with Crippen LogP contribution in [0.15, 0.2) is 48.5 Å². The first-order chi connectivity index (χ1) is 14.7. The molecule has 1 heterocycles. The van der Waals surface area contributed by atoms with Crippen molar-refractivity contribution >= 4 is 27.2 Å². The Morgan fingerprint density at radius 3 is 1.94 bits per heavy atom. The highest BCUT2D eigenvalue weighted by Crippen LogP contribution is 2.19. The number of anilines is 1. The average Bonchev–Trinajstić information content (AvgIpc) is 2.74. The van der Waals surface area contributed by atoms with E-state index in [1.54, 1.807) is 45.0 Å². The van der Waals surface area contributed by atoms with E-state index in [0.29, 0.717) is 17.5 Å². The predicted molar refractivity (Wildman–Crippen MR) is 123 cm³/mol. The molecule has 0 spiro atoms. The van der Waals surface area contributed by atoms with Crippen molar-refractivity contribution in [3.8, 4) is 0 Å². The lowest BCUT2D eigenvalue weighted by Gasteiger charge is -2.35. The Hall–Kier alpha value is -2.67. The van der Waals surface area contributed by atoms with Crippen LogP contribution >= 0.6 is 0 Å². The second-order valence-corrected chi connectivity index (χ2v) is 10.9. The number of hydrogen-bond acceptors (Lipinski definition) is 5. The molecule has 7 heteroatoms. The zero-order chi connectivity index (χ0) is 22.6. The Bertz CT molecular complexity index is 1020. The van der Waals surface area contributed by atoms with Gasteiger partial charge in [0.1, 0.15) is 0 Å². The van der Waals surface area contributed by atoms with E-state index >= 15 is 0 Å². The van der Waals surface area contributed by atoms with Gasteiger partial charge in [0.25, 0.3) is 0 Å². The smallest absolute Gasteiger partial charge is 0.219 e. The summed E-state index contributed by atoms with van der Waals surface area (Å²) in [7, 11) is -3.16. The molecular weight excluding hydrogens is 412 g/mol. The van der Waals surface area contributed by atoms with Gasteiger partial charge in [-0.3, -0.25) is 9.59 Å². The third-order valence-electron chi connectivity index (χ3n) is 5.75. The molecule has 1 amide bonds. The number of carbonyl (C=O) groups is 2. The Morgan fingerprint density at radius 1 is 0.871 bits per heavy atom. The van der Waals surface area contributed by atoms with Gasteiger partial charge in [-0.1, -0.05) is 36.4 Å². The number of sulfone groups is 1. The van der Waals surface area contributed by atoms with Crippen molar-refractivity contribution < 1.29 is 18.0 Å². The first-order valence-electron chi connectivity index (χ1n) is 10.6. The average molecular weight is 443 g/mol. The number of rotatable bonds is 7. The SMILES string of the molecule is CC(=O)N1CCN(c2ccc(CC(=O)c3ccc(CS(=O)(=O)C(C)C)cc3)cc2)CC1. The van der Waals surface area contributed by atoms with Crippen LogP contribution in [0, 0.1) is 0 Å². The van der Waals surface area contributed by atoms with Crippen molar-refractivity contribution in [1.82, 2.24) is 4.90 Å². The summed E-state index contributed by atoms with van der Waals surface area (Å²) in [5.74, 6) is 0.102. The van der Waals surface area contributed by atoms with E-state index in [2.05, 4.69) is 4.90 Å². The van der Waals surface area contributed by atoms with Crippen LogP contribution in [-0.4, -0.2) is 56.4 Å².